The van der Waals surface area contributed by atoms with Crippen LogP contribution >= 0.6 is 24.8 Å². The van der Waals surface area contributed by atoms with Crippen LogP contribution in [0.5, 0.6) is 0 Å². The lowest BCUT2D eigenvalue weighted by atomic mass is 10.3. The van der Waals surface area contributed by atoms with Crippen molar-refractivity contribution in [1.29, 1.82) is 0 Å². The average Bonchev–Trinajstić information content (AvgIpc) is 1.89. The van der Waals surface area contributed by atoms with Crippen molar-refractivity contribution in [3.63, 3.8) is 0 Å². The van der Waals surface area contributed by atoms with Crippen molar-refractivity contribution in [1.82, 2.24) is 11.5 Å². The molecule has 2 nitrogen and oxygen atoms in total. The third-order valence-electron chi connectivity index (χ3n) is 1.41. The lowest BCUT2D eigenvalue weighted by Crippen LogP contribution is -2.15. The van der Waals surface area contributed by atoms with Crippen LogP contribution < -0.4 is 11.5 Å². The van der Waals surface area contributed by atoms with Crippen molar-refractivity contribution in [3.05, 3.63) is 0 Å². The van der Waals surface area contributed by atoms with E-state index < -0.39 is 0 Å². The van der Waals surface area contributed by atoms with Gasteiger partial charge in [0.1, 0.15) is 0 Å². The van der Waals surface area contributed by atoms with Gasteiger partial charge in [-0.1, -0.05) is 26.7 Å². The van der Waals surface area contributed by atoms with Gasteiger partial charge in [0, 0.05) is 0 Å². The molecule has 12 heavy (non-hydrogen) atoms. The summed E-state index contributed by atoms with van der Waals surface area (Å²) in [7, 11) is 0. The largest absolute Gasteiger partial charge is 0.344 e. The van der Waals surface area contributed by atoms with Crippen LogP contribution in [0.3, 0.4) is 0 Å². The molecule has 80 valence electrons. The molecular formula is C8H24Cl2N2. The Hall–Kier alpha value is 0.500. The average molecular weight is 219 g/mol. The smallest absolute Gasteiger partial charge is 0.00490 e. The fraction of sp³-hybridized carbons (Fsp3) is 1.00. The summed E-state index contributed by atoms with van der Waals surface area (Å²) < 4.78 is 0. The number of rotatable bonds is 6. The summed E-state index contributed by atoms with van der Waals surface area (Å²) in [5.74, 6) is 0. The first kappa shape index (κ1) is 22.9. The third-order valence-corrected chi connectivity index (χ3v) is 1.41. The Balaban J connectivity index is -0.000000107. The van der Waals surface area contributed by atoms with Crippen LogP contribution in [0.1, 0.15) is 39.5 Å². The summed E-state index contributed by atoms with van der Waals surface area (Å²) in [4.78, 5) is 0. The van der Waals surface area contributed by atoms with Crippen molar-refractivity contribution in [3.8, 4) is 0 Å². The van der Waals surface area contributed by atoms with E-state index in [0.717, 1.165) is 0 Å². The van der Waals surface area contributed by atoms with Gasteiger partial charge in [-0.25, -0.2) is 0 Å². The minimum Gasteiger partial charge on any atom is -0.344 e. The van der Waals surface area contributed by atoms with E-state index in [1.54, 1.807) is 0 Å². The standard InChI is InChI=1S/C8H19N.2ClH.H3N/c1-3-5-7-9-8-6-4-2;;;/h9H,3-8H2,1-2H3;2*1H;1H3. The molecule has 0 rings (SSSR count). The van der Waals surface area contributed by atoms with Gasteiger partial charge < -0.3 is 11.5 Å². The highest BCUT2D eigenvalue weighted by atomic mass is 35.5. The monoisotopic (exact) mass is 218 g/mol. The third kappa shape index (κ3) is 22.4. The fourth-order valence-electron chi connectivity index (χ4n) is 0.729. The van der Waals surface area contributed by atoms with Gasteiger partial charge >= 0.3 is 0 Å². The maximum absolute atomic E-state index is 3.39. The zero-order valence-corrected chi connectivity index (χ0v) is 9.90. The van der Waals surface area contributed by atoms with Gasteiger partial charge in [0.15, 0.2) is 0 Å². The molecule has 0 atom stereocenters. The van der Waals surface area contributed by atoms with Gasteiger partial charge in [0.05, 0.1) is 0 Å². The van der Waals surface area contributed by atoms with Crippen LogP contribution in [0.4, 0.5) is 0 Å². The molecule has 0 aromatic heterocycles. The SMILES string of the molecule is CCCCNCCCC.Cl.Cl.N. The van der Waals surface area contributed by atoms with E-state index >= 15 is 0 Å². The molecule has 0 saturated heterocycles. The molecule has 0 radical (unpaired) electrons. The molecule has 0 aromatic carbocycles. The van der Waals surface area contributed by atoms with Gasteiger partial charge in [0.25, 0.3) is 0 Å². The van der Waals surface area contributed by atoms with Crippen LogP contribution in [0.2, 0.25) is 0 Å². The van der Waals surface area contributed by atoms with E-state index in [9.17, 15) is 0 Å². The molecule has 0 bridgehead atoms. The topological polar surface area (TPSA) is 47.0 Å². The van der Waals surface area contributed by atoms with E-state index in [4.69, 9.17) is 0 Å². The minimum absolute atomic E-state index is 0. The van der Waals surface area contributed by atoms with Gasteiger partial charge in [-0.05, 0) is 25.9 Å². The highest BCUT2D eigenvalue weighted by molar-refractivity contribution is 5.85. The summed E-state index contributed by atoms with van der Waals surface area (Å²) in [5, 5.41) is 3.39. The summed E-state index contributed by atoms with van der Waals surface area (Å²) >= 11 is 0. The van der Waals surface area contributed by atoms with Gasteiger partial charge in [-0.15, -0.1) is 24.8 Å². The maximum Gasteiger partial charge on any atom is -0.00490 e. The number of hydrogen-bond donors (Lipinski definition) is 2. The second-order valence-electron chi connectivity index (χ2n) is 2.46. The second-order valence-corrected chi connectivity index (χ2v) is 2.46. The first-order chi connectivity index (χ1) is 4.41. The molecular weight excluding hydrogens is 195 g/mol. The molecule has 0 amide bonds. The molecule has 4 heteroatoms. The Morgan fingerprint density at radius 1 is 0.833 bits per heavy atom. The van der Waals surface area contributed by atoms with Crippen LogP contribution in [-0.4, -0.2) is 13.1 Å². The van der Waals surface area contributed by atoms with Gasteiger partial charge in [-0.3, -0.25) is 0 Å². The molecule has 0 aromatic rings. The van der Waals surface area contributed by atoms with Crippen molar-refractivity contribution >= 4 is 24.8 Å². The Labute approximate surface area is 89.3 Å². The lowest BCUT2D eigenvalue weighted by Gasteiger charge is -1.99. The first-order valence-electron chi connectivity index (χ1n) is 4.12. The van der Waals surface area contributed by atoms with Crippen molar-refractivity contribution in [2.75, 3.05) is 13.1 Å². The van der Waals surface area contributed by atoms with Crippen LogP contribution in [0.15, 0.2) is 0 Å². The predicted molar refractivity (Wildman–Crippen MR) is 62.2 cm³/mol. The summed E-state index contributed by atoms with van der Waals surface area (Å²) in [6.07, 6.45) is 5.26. The van der Waals surface area contributed by atoms with Crippen molar-refractivity contribution in [2.24, 2.45) is 0 Å². The summed E-state index contributed by atoms with van der Waals surface area (Å²) in [6.45, 7) is 6.86. The van der Waals surface area contributed by atoms with E-state index in [0.29, 0.717) is 0 Å². The molecule has 0 saturated carbocycles. The zero-order valence-electron chi connectivity index (χ0n) is 8.27. The minimum atomic E-state index is 0. The van der Waals surface area contributed by atoms with Crippen molar-refractivity contribution < 1.29 is 0 Å². The molecule has 0 fully saturated rings. The van der Waals surface area contributed by atoms with Crippen LogP contribution in [-0.2, 0) is 0 Å². The fourth-order valence-corrected chi connectivity index (χ4v) is 0.729. The quantitative estimate of drug-likeness (QED) is 0.674. The molecule has 0 unspecified atom stereocenters. The number of nitrogens with one attached hydrogen (secondary N) is 1. The van der Waals surface area contributed by atoms with Crippen LogP contribution in [0.25, 0.3) is 0 Å². The van der Waals surface area contributed by atoms with E-state index in [2.05, 4.69) is 19.2 Å². The highest BCUT2D eigenvalue weighted by Crippen LogP contribution is 1.85. The van der Waals surface area contributed by atoms with E-state index in [-0.39, 0.29) is 31.0 Å². The van der Waals surface area contributed by atoms with Gasteiger partial charge in [0.2, 0.25) is 0 Å². The number of halogens is 2. The Kier molecular flexibility index (Phi) is 43.0. The van der Waals surface area contributed by atoms with Crippen molar-refractivity contribution in [2.45, 2.75) is 39.5 Å². The Bertz CT molecular complexity index is 48.3. The second kappa shape index (κ2) is 22.5. The molecule has 0 heterocycles. The summed E-state index contributed by atoms with van der Waals surface area (Å²) in [6, 6.07) is 0. The normalized spacial score (nSPS) is 7.50. The summed E-state index contributed by atoms with van der Waals surface area (Å²) in [5.41, 5.74) is 0. The first-order valence-corrected chi connectivity index (χ1v) is 4.12. The molecule has 0 aliphatic rings. The van der Waals surface area contributed by atoms with E-state index in [1.165, 1.54) is 38.8 Å². The van der Waals surface area contributed by atoms with Gasteiger partial charge in [-0.2, -0.15) is 0 Å². The highest BCUT2D eigenvalue weighted by Gasteiger charge is 1.83. The van der Waals surface area contributed by atoms with Crippen LogP contribution in [0, 0.1) is 0 Å². The number of hydrogen-bond acceptors (Lipinski definition) is 2. The van der Waals surface area contributed by atoms with E-state index in [1.807, 2.05) is 0 Å². The molecule has 0 aliphatic carbocycles. The molecule has 0 aliphatic heterocycles. The Morgan fingerprint density at radius 2 is 1.17 bits per heavy atom. The predicted octanol–water partition coefficient (Wildman–Crippen LogP) is 3.18. The molecule has 4 N–H and O–H groups in total. The Morgan fingerprint density at radius 3 is 1.42 bits per heavy atom. The lowest BCUT2D eigenvalue weighted by molar-refractivity contribution is 0.611. The maximum atomic E-state index is 3.39. The zero-order chi connectivity index (χ0) is 6.95. The number of unbranched alkanes of at least 4 members (excludes halogenated alkanes) is 2. The molecule has 0 spiro atoms.